The monoisotopic (exact) mass is 228 g/mol. The Morgan fingerprint density at radius 3 is 3.06 bits per heavy atom. The molecule has 1 heterocycles. The minimum Gasteiger partial charge on any atom is -0.339 e. The molecular weight excluding hydrogens is 216 g/mol. The first kappa shape index (κ1) is 10.2. The van der Waals surface area contributed by atoms with Crippen LogP contribution < -0.4 is 0 Å². The van der Waals surface area contributed by atoms with Crippen LogP contribution in [0.15, 0.2) is 28.8 Å². The number of hydrogen-bond acceptors (Lipinski definition) is 4. The van der Waals surface area contributed by atoms with Gasteiger partial charge in [-0.1, -0.05) is 29.4 Å². The first-order valence-electron chi connectivity index (χ1n) is 5.64. The maximum absolute atomic E-state index is 10.9. The van der Waals surface area contributed by atoms with E-state index in [9.17, 15) is 4.79 Å². The summed E-state index contributed by atoms with van der Waals surface area (Å²) in [4.78, 5) is 15.2. The van der Waals surface area contributed by atoms with Crippen molar-refractivity contribution in [1.29, 1.82) is 0 Å². The van der Waals surface area contributed by atoms with Crippen molar-refractivity contribution in [3.63, 3.8) is 0 Å². The number of ketones is 1. The number of aromatic nitrogens is 2. The molecule has 1 aliphatic rings. The van der Waals surface area contributed by atoms with Crippen LogP contribution in [0.3, 0.4) is 0 Å². The van der Waals surface area contributed by atoms with Crippen molar-refractivity contribution in [2.75, 3.05) is 0 Å². The smallest absolute Gasteiger partial charge is 0.234 e. The number of fused-ring (bicyclic) bond motifs is 1. The van der Waals surface area contributed by atoms with Gasteiger partial charge in [0.25, 0.3) is 0 Å². The highest BCUT2D eigenvalue weighted by atomic mass is 16.5. The third-order valence-corrected chi connectivity index (χ3v) is 3.05. The van der Waals surface area contributed by atoms with Crippen molar-refractivity contribution >= 4 is 5.78 Å². The van der Waals surface area contributed by atoms with E-state index in [0.717, 1.165) is 6.42 Å². The van der Waals surface area contributed by atoms with Gasteiger partial charge in [0.05, 0.1) is 12.3 Å². The van der Waals surface area contributed by atoms with Crippen molar-refractivity contribution in [3.05, 3.63) is 47.1 Å². The van der Waals surface area contributed by atoms with Gasteiger partial charge in [0, 0.05) is 0 Å². The normalized spacial score (nSPS) is 17.4. The van der Waals surface area contributed by atoms with E-state index < -0.39 is 0 Å². The van der Waals surface area contributed by atoms with Crippen LogP contribution in [0.5, 0.6) is 0 Å². The summed E-state index contributed by atoms with van der Waals surface area (Å²) in [6.07, 6.45) is 1.18. The second kappa shape index (κ2) is 3.80. The molecule has 0 amide bonds. The second-order valence-electron chi connectivity index (χ2n) is 4.38. The highest BCUT2D eigenvalue weighted by molar-refractivity contribution is 5.77. The lowest BCUT2D eigenvalue weighted by atomic mass is 9.77. The Morgan fingerprint density at radius 1 is 1.47 bits per heavy atom. The zero-order chi connectivity index (χ0) is 11.8. The number of carbonyl (C=O) groups excluding carboxylic acids is 1. The molecule has 0 spiro atoms. The Bertz CT molecular complexity index is 574. The van der Waals surface area contributed by atoms with Gasteiger partial charge in [0.15, 0.2) is 5.82 Å². The number of carbonyl (C=O) groups is 1. The molecule has 4 nitrogen and oxygen atoms in total. The molecule has 1 aromatic heterocycles. The third kappa shape index (κ3) is 1.75. The van der Waals surface area contributed by atoms with Crippen LogP contribution in [0.4, 0.5) is 0 Å². The number of rotatable bonds is 3. The first-order chi connectivity index (χ1) is 8.24. The molecule has 0 N–H and O–H groups in total. The molecule has 1 unspecified atom stereocenters. The Kier molecular flexibility index (Phi) is 2.28. The minimum atomic E-state index is 0.0363. The summed E-state index contributed by atoms with van der Waals surface area (Å²) in [6.45, 7) is 1.52. The average Bonchev–Trinajstić information content (AvgIpc) is 2.67. The van der Waals surface area contributed by atoms with Gasteiger partial charge in [-0.2, -0.15) is 4.98 Å². The summed E-state index contributed by atoms with van der Waals surface area (Å²) < 4.78 is 5.07. The maximum atomic E-state index is 10.9. The summed E-state index contributed by atoms with van der Waals surface area (Å²) in [5, 5.41) is 3.95. The van der Waals surface area contributed by atoms with Crippen molar-refractivity contribution in [2.24, 2.45) is 0 Å². The van der Waals surface area contributed by atoms with Crippen LogP contribution in [0.1, 0.15) is 35.7 Å². The number of nitrogens with zero attached hydrogens (tertiary/aromatic N) is 2. The molecule has 4 heteroatoms. The van der Waals surface area contributed by atoms with Gasteiger partial charge in [-0.25, -0.2) is 0 Å². The standard InChI is InChI=1S/C13H12N2O2/c1-8(16)6-12-14-13(15-17-12)11-7-9-4-2-3-5-10(9)11/h2-5,11H,6-7H2,1H3. The largest absolute Gasteiger partial charge is 0.339 e. The van der Waals surface area contributed by atoms with E-state index in [2.05, 4.69) is 22.3 Å². The molecule has 2 aromatic rings. The van der Waals surface area contributed by atoms with Crippen molar-refractivity contribution in [2.45, 2.75) is 25.7 Å². The minimum absolute atomic E-state index is 0.0363. The molecule has 1 aliphatic carbocycles. The van der Waals surface area contributed by atoms with E-state index in [4.69, 9.17) is 4.52 Å². The van der Waals surface area contributed by atoms with Gasteiger partial charge >= 0.3 is 0 Å². The Hall–Kier alpha value is -1.97. The highest BCUT2D eigenvalue weighted by Gasteiger charge is 2.30. The zero-order valence-electron chi connectivity index (χ0n) is 9.51. The van der Waals surface area contributed by atoms with Gasteiger partial charge in [-0.3, -0.25) is 4.79 Å². The second-order valence-corrected chi connectivity index (χ2v) is 4.38. The summed E-state index contributed by atoms with van der Waals surface area (Å²) >= 11 is 0. The molecule has 0 fully saturated rings. The molecule has 0 saturated heterocycles. The SMILES string of the molecule is CC(=O)Cc1nc(C2Cc3ccccc32)no1. The fourth-order valence-electron chi connectivity index (χ4n) is 2.18. The molecule has 0 bridgehead atoms. The average molecular weight is 228 g/mol. The topological polar surface area (TPSA) is 56.0 Å². The number of benzene rings is 1. The molecule has 3 rings (SSSR count). The third-order valence-electron chi connectivity index (χ3n) is 3.05. The first-order valence-corrected chi connectivity index (χ1v) is 5.64. The summed E-state index contributed by atoms with van der Waals surface area (Å²) in [6, 6.07) is 8.25. The molecular formula is C13H12N2O2. The van der Waals surface area contributed by atoms with Gasteiger partial charge in [-0.15, -0.1) is 0 Å². The maximum Gasteiger partial charge on any atom is 0.234 e. The predicted octanol–water partition coefficient (Wildman–Crippen LogP) is 1.89. The highest BCUT2D eigenvalue weighted by Crippen LogP contribution is 2.38. The lowest BCUT2D eigenvalue weighted by molar-refractivity contribution is -0.116. The summed E-state index contributed by atoms with van der Waals surface area (Å²) in [7, 11) is 0. The van der Waals surface area contributed by atoms with E-state index in [0.29, 0.717) is 11.7 Å². The van der Waals surface area contributed by atoms with Crippen molar-refractivity contribution < 1.29 is 9.32 Å². The van der Waals surface area contributed by atoms with Gasteiger partial charge < -0.3 is 4.52 Å². The van der Waals surface area contributed by atoms with Crippen LogP contribution in [-0.2, 0) is 17.6 Å². The zero-order valence-corrected chi connectivity index (χ0v) is 9.51. The van der Waals surface area contributed by atoms with E-state index >= 15 is 0 Å². The molecule has 0 radical (unpaired) electrons. The van der Waals surface area contributed by atoms with Crippen LogP contribution >= 0.6 is 0 Å². The van der Waals surface area contributed by atoms with Gasteiger partial charge in [0.2, 0.25) is 5.89 Å². The fraction of sp³-hybridized carbons (Fsp3) is 0.308. The number of hydrogen-bond donors (Lipinski definition) is 0. The van der Waals surface area contributed by atoms with Crippen molar-refractivity contribution in [3.8, 4) is 0 Å². The van der Waals surface area contributed by atoms with Crippen LogP contribution in [0.25, 0.3) is 0 Å². The molecule has 0 aliphatic heterocycles. The van der Waals surface area contributed by atoms with Crippen LogP contribution in [-0.4, -0.2) is 15.9 Å². The van der Waals surface area contributed by atoms with Gasteiger partial charge in [0.1, 0.15) is 5.78 Å². The molecule has 86 valence electrons. The van der Waals surface area contributed by atoms with Crippen LogP contribution in [0, 0.1) is 0 Å². The van der Waals surface area contributed by atoms with Gasteiger partial charge in [-0.05, 0) is 24.5 Å². The molecule has 1 aromatic carbocycles. The predicted molar refractivity (Wildman–Crippen MR) is 60.7 cm³/mol. The number of Topliss-reactive ketones (excluding diaryl/α,β-unsaturated/α-hetero) is 1. The Balaban J connectivity index is 1.83. The lowest BCUT2D eigenvalue weighted by Crippen LogP contribution is -2.19. The Labute approximate surface area is 98.7 Å². The van der Waals surface area contributed by atoms with E-state index in [1.54, 1.807) is 0 Å². The van der Waals surface area contributed by atoms with Crippen molar-refractivity contribution in [1.82, 2.24) is 10.1 Å². The fourth-order valence-corrected chi connectivity index (χ4v) is 2.18. The lowest BCUT2D eigenvalue weighted by Gasteiger charge is -2.27. The van der Waals surface area contributed by atoms with E-state index in [1.165, 1.54) is 18.1 Å². The molecule has 0 saturated carbocycles. The summed E-state index contributed by atoms with van der Waals surface area (Å²) in [5.74, 6) is 1.38. The molecule has 17 heavy (non-hydrogen) atoms. The quantitative estimate of drug-likeness (QED) is 0.805. The summed E-state index contributed by atoms with van der Waals surface area (Å²) in [5.41, 5.74) is 2.61. The van der Waals surface area contributed by atoms with E-state index in [-0.39, 0.29) is 18.1 Å². The molecule has 1 atom stereocenters. The van der Waals surface area contributed by atoms with E-state index in [1.807, 2.05) is 12.1 Å². The Morgan fingerprint density at radius 2 is 2.29 bits per heavy atom. The van der Waals surface area contributed by atoms with Crippen LogP contribution in [0.2, 0.25) is 0 Å².